The minimum Gasteiger partial charge on any atom is -0.481 e. The minimum atomic E-state index is -0.739. The van der Waals surface area contributed by atoms with Gasteiger partial charge in [-0.05, 0) is 25.2 Å². The van der Waals surface area contributed by atoms with Crippen LogP contribution in [-0.4, -0.2) is 29.1 Å². The summed E-state index contributed by atoms with van der Waals surface area (Å²) in [4.78, 5) is 22.2. The van der Waals surface area contributed by atoms with Crippen molar-refractivity contribution < 1.29 is 14.7 Å². The van der Waals surface area contributed by atoms with Gasteiger partial charge in [0, 0.05) is 6.04 Å². The molecule has 1 amide bonds. The number of nitrogens with one attached hydrogen (secondary N) is 1. The molecule has 17 heavy (non-hydrogen) atoms. The topological polar surface area (TPSA) is 92.4 Å². The van der Waals surface area contributed by atoms with E-state index in [9.17, 15) is 9.59 Å². The Kier molecular flexibility index (Phi) is 4.93. The summed E-state index contributed by atoms with van der Waals surface area (Å²) in [6.45, 7) is 3.86. The number of primary amides is 1. The van der Waals surface area contributed by atoms with E-state index < -0.39 is 5.97 Å². The van der Waals surface area contributed by atoms with Crippen LogP contribution in [0.2, 0.25) is 0 Å². The summed E-state index contributed by atoms with van der Waals surface area (Å²) in [7, 11) is 0. The molecule has 1 aliphatic rings. The Morgan fingerprint density at radius 2 is 2.00 bits per heavy atom. The number of hydrogen-bond acceptors (Lipinski definition) is 3. The number of rotatable bonds is 5. The van der Waals surface area contributed by atoms with Gasteiger partial charge in [-0.25, -0.2) is 0 Å². The van der Waals surface area contributed by atoms with E-state index in [1.165, 1.54) is 0 Å². The van der Waals surface area contributed by atoms with E-state index in [1.807, 2.05) is 13.8 Å². The molecule has 5 heteroatoms. The number of aliphatic carboxylic acids is 1. The average molecular weight is 242 g/mol. The lowest BCUT2D eigenvalue weighted by molar-refractivity contribution is -0.143. The van der Waals surface area contributed by atoms with Gasteiger partial charge in [-0.2, -0.15) is 0 Å². The number of hydrogen-bond donors (Lipinski definition) is 3. The summed E-state index contributed by atoms with van der Waals surface area (Å²) in [5, 5.41) is 12.2. The van der Waals surface area contributed by atoms with Gasteiger partial charge in [-0.1, -0.05) is 20.3 Å². The van der Waals surface area contributed by atoms with Gasteiger partial charge in [0.2, 0.25) is 5.91 Å². The Bertz CT molecular complexity index is 291. The monoisotopic (exact) mass is 242 g/mol. The second-order valence-corrected chi connectivity index (χ2v) is 5.19. The lowest BCUT2D eigenvalue weighted by Gasteiger charge is -2.31. The normalized spacial score (nSPS) is 26.8. The van der Waals surface area contributed by atoms with Crippen molar-refractivity contribution in [1.82, 2.24) is 5.32 Å². The van der Waals surface area contributed by atoms with E-state index in [1.54, 1.807) is 0 Å². The molecule has 1 rings (SSSR count). The number of carbonyl (C=O) groups excluding carboxylic acids is 1. The summed E-state index contributed by atoms with van der Waals surface area (Å²) >= 11 is 0. The Morgan fingerprint density at radius 3 is 2.47 bits per heavy atom. The summed E-state index contributed by atoms with van der Waals surface area (Å²) in [6, 6.07) is -0.280. The largest absolute Gasteiger partial charge is 0.481 e. The van der Waals surface area contributed by atoms with Crippen LogP contribution in [-0.2, 0) is 9.59 Å². The van der Waals surface area contributed by atoms with Gasteiger partial charge in [0.05, 0.1) is 12.0 Å². The van der Waals surface area contributed by atoms with Crippen molar-refractivity contribution in [1.29, 1.82) is 0 Å². The van der Waals surface area contributed by atoms with Crippen molar-refractivity contribution in [2.24, 2.45) is 17.6 Å². The molecule has 98 valence electrons. The van der Waals surface area contributed by atoms with Crippen molar-refractivity contribution in [3.63, 3.8) is 0 Å². The van der Waals surface area contributed by atoms with Gasteiger partial charge in [0.25, 0.3) is 0 Å². The maximum Gasteiger partial charge on any atom is 0.306 e. The van der Waals surface area contributed by atoms with Crippen molar-refractivity contribution in [3.05, 3.63) is 0 Å². The Morgan fingerprint density at radius 1 is 1.35 bits per heavy atom. The van der Waals surface area contributed by atoms with Gasteiger partial charge in [0.1, 0.15) is 0 Å². The Balaban J connectivity index is 2.55. The Labute approximate surface area is 102 Å². The summed E-state index contributed by atoms with van der Waals surface area (Å²) < 4.78 is 0. The third-order valence-electron chi connectivity index (χ3n) is 3.41. The molecule has 4 N–H and O–H groups in total. The van der Waals surface area contributed by atoms with Gasteiger partial charge in [-0.3, -0.25) is 9.59 Å². The fraction of sp³-hybridized carbons (Fsp3) is 0.833. The first-order valence-corrected chi connectivity index (χ1v) is 6.20. The van der Waals surface area contributed by atoms with Gasteiger partial charge >= 0.3 is 5.97 Å². The van der Waals surface area contributed by atoms with Crippen LogP contribution in [0.4, 0.5) is 0 Å². The standard InChI is InChI=1S/C12H22N2O3/c1-7(2)10(11(13)15)14-9-5-3-4-8(6-9)12(16)17/h7-10,14H,3-6H2,1-2H3,(H2,13,15)(H,16,17). The molecule has 1 aliphatic carbocycles. The van der Waals surface area contributed by atoms with Crippen molar-refractivity contribution >= 4 is 11.9 Å². The molecule has 0 radical (unpaired) electrons. The number of nitrogens with two attached hydrogens (primary N) is 1. The van der Waals surface area contributed by atoms with Crippen LogP contribution in [0.1, 0.15) is 39.5 Å². The summed E-state index contributed by atoms with van der Waals surface area (Å²) in [5.41, 5.74) is 5.33. The highest BCUT2D eigenvalue weighted by Gasteiger charge is 2.30. The lowest BCUT2D eigenvalue weighted by atomic mass is 9.85. The zero-order chi connectivity index (χ0) is 13.0. The van der Waals surface area contributed by atoms with Gasteiger partial charge in [0.15, 0.2) is 0 Å². The molecule has 3 atom stereocenters. The second kappa shape index (κ2) is 6.00. The van der Waals surface area contributed by atoms with E-state index in [0.29, 0.717) is 6.42 Å². The second-order valence-electron chi connectivity index (χ2n) is 5.19. The van der Waals surface area contributed by atoms with Crippen molar-refractivity contribution in [2.75, 3.05) is 0 Å². The molecule has 0 spiro atoms. The van der Waals surface area contributed by atoms with Gasteiger partial charge in [-0.15, -0.1) is 0 Å². The zero-order valence-corrected chi connectivity index (χ0v) is 10.5. The first-order chi connectivity index (χ1) is 7.91. The van der Waals surface area contributed by atoms with Crippen LogP contribution in [0.3, 0.4) is 0 Å². The molecule has 0 saturated heterocycles. The quantitative estimate of drug-likeness (QED) is 0.662. The van der Waals surface area contributed by atoms with Crippen LogP contribution in [0.25, 0.3) is 0 Å². The van der Waals surface area contributed by atoms with E-state index in [2.05, 4.69) is 5.32 Å². The molecule has 5 nitrogen and oxygen atoms in total. The minimum absolute atomic E-state index is 0.0877. The molecular formula is C12H22N2O3. The SMILES string of the molecule is CC(C)C(NC1CCCC(C(=O)O)C1)C(N)=O. The third-order valence-corrected chi connectivity index (χ3v) is 3.41. The highest BCUT2D eigenvalue weighted by Crippen LogP contribution is 2.25. The Hall–Kier alpha value is -1.10. The fourth-order valence-electron chi connectivity index (χ4n) is 2.42. The number of carboxylic acids is 1. The molecular weight excluding hydrogens is 220 g/mol. The van der Waals surface area contributed by atoms with E-state index in [0.717, 1.165) is 19.3 Å². The molecule has 0 heterocycles. The van der Waals surface area contributed by atoms with E-state index in [-0.39, 0.29) is 29.8 Å². The highest BCUT2D eigenvalue weighted by atomic mass is 16.4. The summed E-state index contributed by atoms with van der Waals surface area (Å²) in [6.07, 6.45) is 3.13. The molecule has 0 aromatic heterocycles. The predicted molar refractivity (Wildman–Crippen MR) is 64.3 cm³/mol. The molecule has 0 aliphatic heterocycles. The van der Waals surface area contributed by atoms with E-state index in [4.69, 9.17) is 10.8 Å². The van der Waals surface area contributed by atoms with Gasteiger partial charge < -0.3 is 16.2 Å². The average Bonchev–Trinajstić information content (AvgIpc) is 2.25. The summed E-state index contributed by atoms with van der Waals surface area (Å²) in [5.74, 6) is -1.27. The smallest absolute Gasteiger partial charge is 0.306 e. The maximum atomic E-state index is 11.3. The molecule has 3 unspecified atom stereocenters. The maximum absolute atomic E-state index is 11.3. The predicted octanol–water partition coefficient (Wildman–Crippen LogP) is 0.729. The number of carboxylic acid groups (broad SMARTS) is 1. The van der Waals surface area contributed by atoms with E-state index >= 15 is 0 Å². The van der Waals surface area contributed by atoms with Crippen LogP contribution < -0.4 is 11.1 Å². The molecule has 1 saturated carbocycles. The zero-order valence-electron chi connectivity index (χ0n) is 10.5. The molecule has 1 fully saturated rings. The van der Waals surface area contributed by atoms with Crippen LogP contribution in [0, 0.1) is 11.8 Å². The first kappa shape index (κ1) is 14.0. The van der Waals surface area contributed by atoms with Crippen molar-refractivity contribution in [2.45, 2.75) is 51.6 Å². The first-order valence-electron chi connectivity index (χ1n) is 6.20. The molecule has 0 bridgehead atoms. The van der Waals surface area contributed by atoms with Crippen molar-refractivity contribution in [3.8, 4) is 0 Å². The van der Waals surface area contributed by atoms with Crippen LogP contribution in [0.15, 0.2) is 0 Å². The van der Waals surface area contributed by atoms with Crippen LogP contribution in [0.5, 0.6) is 0 Å². The van der Waals surface area contributed by atoms with Crippen LogP contribution >= 0.6 is 0 Å². The highest BCUT2D eigenvalue weighted by molar-refractivity contribution is 5.80. The third kappa shape index (κ3) is 4.00. The molecule has 0 aromatic carbocycles. The lowest BCUT2D eigenvalue weighted by Crippen LogP contribution is -2.51. The fourth-order valence-corrected chi connectivity index (χ4v) is 2.42. The molecule has 0 aromatic rings. The number of amides is 1. The number of carbonyl (C=O) groups is 2.